The van der Waals surface area contributed by atoms with E-state index in [4.69, 9.17) is 10.6 Å². The van der Waals surface area contributed by atoms with Crippen LogP contribution < -0.4 is 16.0 Å². The van der Waals surface area contributed by atoms with Gasteiger partial charge in [-0.3, -0.25) is 5.43 Å². The fraction of sp³-hybridized carbons (Fsp3) is 0.400. The maximum atomic E-state index is 12.5. The SMILES string of the molecule is CC(C)Oc1nc(NN)nc(-n2ccc(C(F)(F)F)n2)n1. The number of rotatable bonds is 4. The summed E-state index contributed by atoms with van der Waals surface area (Å²) in [6.45, 7) is 3.49. The minimum Gasteiger partial charge on any atom is -0.461 e. The van der Waals surface area contributed by atoms with Gasteiger partial charge in [-0.15, -0.1) is 0 Å². The Morgan fingerprint density at radius 2 is 2.00 bits per heavy atom. The Labute approximate surface area is 117 Å². The average Bonchev–Trinajstić information content (AvgIpc) is 2.86. The number of hydrazine groups is 1. The van der Waals surface area contributed by atoms with Crippen LogP contribution in [0.15, 0.2) is 12.3 Å². The van der Waals surface area contributed by atoms with Crippen LogP contribution in [0.1, 0.15) is 19.5 Å². The second-order valence-corrected chi connectivity index (χ2v) is 4.20. The molecular weight excluding hydrogens is 291 g/mol. The van der Waals surface area contributed by atoms with Gasteiger partial charge in [-0.25, -0.2) is 10.5 Å². The highest BCUT2D eigenvalue weighted by atomic mass is 19.4. The molecule has 0 atom stereocenters. The molecule has 21 heavy (non-hydrogen) atoms. The van der Waals surface area contributed by atoms with Crippen molar-refractivity contribution < 1.29 is 17.9 Å². The molecule has 0 fully saturated rings. The van der Waals surface area contributed by atoms with Crippen molar-refractivity contribution in [1.29, 1.82) is 0 Å². The van der Waals surface area contributed by atoms with E-state index in [-0.39, 0.29) is 24.0 Å². The number of nitrogens with zero attached hydrogens (tertiary/aromatic N) is 5. The van der Waals surface area contributed by atoms with Gasteiger partial charge < -0.3 is 4.74 Å². The van der Waals surface area contributed by atoms with Gasteiger partial charge in [0.1, 0.15) is 0 Å². The van der Waals surface area contributed by atoms with Crippen LogP contribution in [0, 0.1) is 0 Å². The molecule has 0 saturated heterocycles. The molecule has 0 bridgehead atoms. The van der Waals surface area contributed by atoms with Crippen LogP contribution >= 0.6 is 0 Å². The minimum absolute atomic E-state index is 0.0558. The summed E-state index contributed by atoms with van der Waals surface area (Å²) in [5, 5.41) is 3.36. The standard InChI is InChI=1S/C10H12F3N7O/c1-5(2)21-9-16-7(18-14)15-8(17-9)20-4-3-6(19-20)10(11,12)13/h3-5H,14H2,1-2H3,(H,15,16,17,18). The minimum atomic E-state index is -4.55. The molecule has 2 aromatic rings. The number of halogens is 3. The van der Waals surface area contributed by atoms with E-state index in [9.17, 15) is 13.2 Å². The second-order valence-electron chi connectivity index (χ2n) is 4.20. The van der Waals surface area contributed by atoms with Crippen molar-refractivity contribution in [2.45, 2.75) is 26.1 Å². The van der Waals surface area contributed by atoms with E-state index in [1.807, 2.05) is 0 Å². The lowest BCUT2D eigenvalue weighted by atomic mass is 10.4. The van der Waals surface area contributed by atoms with Crippen molar-refractivity contribution in [3.05, 3.63) is 18.0 Å². The molecule has 114 valence electrons. The molecule has 2 rings (SSSR count). The lowest BCUT2D eigenvalue weighted by Gasteiger charge is -2.10. The van der Waals surface area contributed by atoms with Crippen molar-refractivity contribution in [3.8, 4) is 12.0 Å². The van der Waals surface area contributed by atoms with Crippen LogP contribution in [0.3, 0.4) is 0 Å². The van der Waals surface area contributed by atoms with Crippen LogP contribution in [0.25, 0.3) is 5.95 Å². The Balaban J connectivity index is 2.40. The van der Waals surface area contributed by atoms with E-state index >= 15 is 0 Å². The van der Waals surface area contributed by atoms with Crippen LogP contribution in [-0.4, -0.2) is 30.8 Å². The van der Waals surface area contributed by atoms with Gasteiger partial charge in [0, 0.05) is 6.20 Å². The Morgan fingerprint density at radius 1 is 1.29 bits per heavy atom. The number of nitrogens with one attached hydrogen (secondary N) is 1. The van der Waals surface area contributed by atoms with Crippen molar-refractivity contribution in [1.82, 2.24) is 24.7 Å². The number of ether oxygens (including phenoxy) is 1. The molecule has 3 N–H and O–H groups in total. The van der Waals surface area contributed by atoms with Crippen LogP contribution in [0.2, 0.25) is 0 Å². The molecule has 0 radical (unpaired) electrons. The lowest BCUT2D eigenvalue weighted by Crippen LogP contribution is -2.17. The molecule has 0 spiro atoms. The molecule has 0 saturated carbocycles. The predicted molar refractivity (Wildman–Crippen MR) is 65.5 cm³/mol. The van der Waals surface area contributed by atoms with Crippen molar-refractivity contribution >= 4 is 5.95 Å². The van der Waals surface area contributed by atoms with E-state index in [0.717, 1.165) is 16.9 Å². The third-order valence-electron chi connectivity index (χ3n) is 2.16. The lowest BCUT2D eigenvalue weighted by molar-refractivity contribution is -0.141. The van der Waals surface area contributed by atoms with E-state index in [2.05, 4.69) is 25.5 Å². The zero-order valence-electron chi connectivity index (χ0n) is 11.1. The van der Waals surface area contributed by atoms with Gasteiger partial charge in [0.2, 0.25) is 5.95 Å². The summed E-state index contributed by atoms with van der Waals surface area (Å²) in [7, 11) is 0. The number of nitrogen functional groups attached to an aromatic ring is 1. The monoisotopic (exact) mass is 303 g/mol. The van der Waals surface area contributed by atoms with Gasteiger partial charge in [-0.1, -0.05) is 0 Å². The Morgan fingerprint density at radius 3 is 2.52 bits per heavy atom. The summed E-state index contributed by atoms with van der Waals surface area (Å²) >= 11 is 0. The highest BCUT2D eigenvalue weighted by molar-refractivity contribution is 5.28. The number of aromatic nitrogens is 5. The molecule has 0 aliphatic heterocycles. The topological polar surface area (TPSA) is 104 Å². The molecule has 2 aromatic heterocycles. The third-order valence-corrected chi connectivity index (χ3v) is 2.16. The van der Waals surface area contributed by atoms with E-state index in [0.29, 0.717) is 0 Å². The summed E-state index contributed by atoms with van der Waals surface area (Å²) in [5.41, 5.74) is 1.12. The summed E-state index contributed by atoms with van der Waals surface area (Å²) < 4.78 is 43.7. The first kappa shape index (κ1) is 15.0. The van der Waals surface area contributed by atoms with Gasteiger partial charge in [0.25, 0.3) is 5.95 Å². The van der Waals surface area contributed by atoms with Crippen molar-refractivity contribution in [3.63, 3.8) is 0 Å². The molecule has 2 heterocycles. The molecule has 8 nitrogen and oxygen atoms in total. The quantitative estimate of drug-likeness (QED) is 0.645. The van der Waals surface area contributed by atoms with Gasteiger partial charge >= 0.3 is 12.2 Å². The third kappa shape index (κ3) is 3.56. The average molecular weight is 303 g/mol. The van der Waals surface area contributed by atoms with E-state index < -0.39 is 11.9 Å². The highest BCUT2D eigenvalue weighted by Crippen LogP contribution is 2.27. The Bertz CT molecular complexity index is 625. The van der Waals surface area contributed by atoms with Crippen LogP contribution in [0.4, 0.5) is 19.1 Å². The Kier molecular flexibility index (Phi) is 3.93. The van der Waals surface area contributed by atoms with Gasteiger partial charge in [-0.2, -0.15) is 33.2 Å². The molecule has 0 aliphatic rings. The number of hydrogen-bond donors (Lipinski definition) is 2. The van der Waals surface area contributed by atoms with Crippen molar-refractivity contribution in [2.24, 2.45) is 5.84 Å². The normalized spacial score (nSPS) is 11.8. The van der Waals surface area contributed by atoms with E-state index in [1.165, 1.54) is 0 Å². The zero-order chi connectivity index (χ0) is 15.6. The number of alkyl halides is 3. The second kappa shape index (κ2) is 5.52. The van der Waals surface area contributed by atoms with Crippen LogP contribution in [-0.2, 0) is 6.18 Å². The number of nitrogens with two attached hydrogens (primary N) is 1. The van der Waals surface area contributed by atoms with Crippen LogP contribution in [0.5, 0.6) is 6.01 Å². The van der Waals surface area contributed by atoms with Gasteiger partial charge in [0.15, 0.2) is 5.69 Å². The first-order valence-corrected chi connectivity index (χ1v) is 5.82. The van der Waals surface area contributed by atoms with Gasteiger partial charge in [-0.05, 0) is 19.9 Å². The fourth-order valence-electron chi connectivity index (χ4n) is 1.36. The molecule has 0 amide bonds. The Hall–Kier alpha value is -2.43. The smallest absolute Gasteiger partial charge is 0.435 e. The first-order valence-electron chi connectivity index (χ1n) is 5.82. The first-order chi connectivity index (χ1) is 9.79. The maximum Gasteiger partial charge on any atom is 0.435 e. The molecule has 0 unspecified atom stereocenters. The fourth-order valence-corrected chi connectivity index (χ4v) is 1.36. The van der Waals surface area contributed by atoms with Gasteiger partial charge in [0.05, 0.1) is 6.10 Å². The predicted octanol–water partition coefficient (Wildman–Crippen LogP) is 1.15. The summed E-state index contributed by atoms with van der Waals surface area (Å²) in [5.74, 6) is 5.00. The maximum absolute atomic E-state index is 12.5. The molecular formula is C10H12F3N7O. The highest BCUT2D eigenvalue weighted by Gasteiger charge is 2.33. The number of hydrogen-bond acceptors (Lipinski definition) is 7. The molecule has 0 aliphatic carbocycles. The molecule has 11 heteroatoms. The number of anilines is 1. The summed E-state index contributed by atoms with van der Waals surface area (Å²) in [4.78, 5) is 11.5. The van der Waals surface area contributed by atoms with E-state index in [1.54, 1.807) is 13.8 Å². The zero-order valence-corrected chi connectivity index (χ0v) is 11.1. The summed E-state index contributed by atoms with van der Waals surface area (Å²) in [6, 6.07) is 0.731. The molecule has 0 aromatic carbocycles. The summed E-state index contributed by atoms with van der Waals surface area (Å²) in [6.07, 6.45) is -3.70. The largest absolute Gasteiger partial charge is 0.461 e. The van der Waals surface area contributed by atoms with Crippen molar-refractivity contribution in [2.75, 3.05) is 5.43 Å².